The lowest BCUT2D eigenvalue weighted by molar-refractivity contribution is 0.301. The zero-order valence-corrected chi connectivity index (χ0v) is 15.3. The first-order chi connectivity index (χ1) is 11.4. The molecule has 24 heavy (non-hydrogen) atoms. The van der Waals surface area contributed by atoms with Gasteiger partial charge in [-0.1, -0.05) is 35.9 Å². The van der Waals surface area contributed by atoms with E-state index < -0.39 is 10.0 Å². The summed E-state index contributed by atoms with van der Waals surface area (Å²) < 4.78 is 27.4. The molecule has 1 heterocycles. The van der Waals surface area contributed by atoms with Crippen LogP contribution in [-0.2, 0) is 10.0 Å². The molecule has 1 fully saturated rings. The van der Waals surface area contributed by atoms with Crippen LogP contribution < -0.4 is 4.90 Å². The second-order valence-corrected chi connectivity index (χ2v) is 8.59. The van der Waals surface area contributed by atoms with Gasteiger partial charge in [0.2, 0.25) is 10.0 Å². The fourth-order valence-corrected chi connectivity index (χ4v) is 5.26. The van der Waals surface area contributed by atoms with Gasteiger partial charge < -0.3 is 4.90 Å². The third-order valence-corrected chi connectivity index (χ3v) is 6.44. The Labute approximate surface area is 148 Å². The summed E-state index contributed by atoms with van der Waals surface area (Å²) in [5, 5.41) is 0.431. The van der Waals surface area contributed by atoms with E-state index in [0.29, 0.717) is 18.1 Å². The highest BCUT2D eigenvalue weighted by Gasteiger charge is 2.36. The predicted octanol–water partition coefficient (Wildman–Crippen LogP) is 3.63. The predicted molar refractivity (Wildman–Crippen MR) is 98.1 cm³/mol. The molecule has 2 aromatic rings. The van der Waals surface area contributed by atoms with Crippen LogP contribution >= 0.6 is 11.6 Å². The minimum Gasteiger partial charge on any atom is -0.363 e. The molecule has 128 valence electrons. The third-order valence-electron chi connectivity index (χ3n) is 4.37. The van der Waals surface area contributed by atoms with Crippen molar-refractivity contribution in [1.29, 1.82) is 0 Å². The maximum absolute atomic E-state index is 12.9. The summed E-state index contributed by atoms with van der Waals surface area (Å²) >= 11 is 5.96. The molecule has 0 N–H and O–H groups in total. The van der Waals surface area contributed by atoms with Gasteiger partial charge in [0.1, 0.15) is 0 Å². The summed E-state index contributed by atoms with van der Waals surface area (Å²) in [6.07, 6.45) is 0. The average molecular weight is 365 g/mol. The molecule has 0 radical (unpaired) electrons. The Morgan fingerprint density at radius 3 is 2.17 bits per heavy atom. The molecule has 1 saturated heterocycles. The van der Waals surface area contributed by atoms with Crippen LogP contribution in [-0.4, -0.2) is 37.9 Å². The van der Waals surface area contributed by atoms with Gasteiger partial charge in [-0.2, -0.15) is 4.31 Å². The first kappa shape index (κ1) is 17.3. The number of piperazine rings is 1. The summed E-state index contributed by atoms with van der Waals surface area (Å²) in [6.45, 7) is 5.02. The lowest BCUT2D eigenvalue weighted by atomic mass is 10.1. The molecule has 0 spiro atoms. The Bertz CT molecular complexity index is 799. The lowest BCUT2D eigenvalue weighted by Gasteiger charge is -2.45. The van der Waals surface area contributed by atoms with Gasteiger partial charge in [0.05, 0.1) is 4.90 Å². The molecule has 0 amide bonds. The molecule has 2 unspecified atom stereocenters. The van der Waals surface area contributed by atoms with Crippen molar-refractivity contribution in [3.63, 3.8) is 0 Å². The fraction of sp³-hybridized carbons (Fsp3) is 0.333. The number of benzene rings is 2. The van der Waals surface area contributed by atoms with E-state index in [4.69, 9.17) is 11.6 Å². The summed E-state index contributed by atoms with van der Waals surface area (Å²) in [4.78, 5) is 2.53. The quantitative estimate of drug-likeness (QED) is 0.835. The molecule has 6 heteroatoms. The molecule has 2 aromatic carbocycles. The number of anilines is 1. The highest BCUT2D eigenvalue weighted by molar-refractivity contribution is 7.89. The molecule has 0 aromatic heterocycles. The molecule has 0 aliphatic carbocycles. The topological polar surface area (TPSA) is 40.6 Å². The van der Waals surface area contributed by atoms with Gasteiger partial charge in [0.25, 0.3) is 0 Å². The Morgan fingerprint density at radius 1 is 0.958 bits per heavy atom. The normalized spacial score (nSPS) is 22.5. The first-order valence-electron chi connectivity index (χ1n) is 7.98. The van der Waals surface area contributed by atoms with Crippen molar-refractivity contribution in [3.8, 4) is 0 Å². The van der Waals surface area contributed by atoms with Gasteiger partial charge in [-0.3, -0.25) is 0 Å². The number of rotatable bonds is 3. The van der Waals surface area contributed by atoms with Crippen molar-refractivity contribution in [2.45, 2.75) is 30.8 Å². The van der Waals surface area contributed by atoms with E-state index in [0.717, 1.165) is 5.69 Å². The van der Waals surface area contributed by atoms with Crippen LogP contribution in [0.2, 0.25) is 5.02 Å². The van der Waals surface area contributed by atoms with E-state index >= 15 is 0 Å². The Hall–Kier alpha value is -1.56. The van der Waals surface area contributed by atoms with Gasteiger partial charge in [-0.05, 0) is 44.2 Å². The van der Waals surface area contributed by atoms with Crippen molar-refractivity contribution in [1.82, 2.24) is 4.31 Å². The van der Waals surface area contributed by atoms with Crippen LogP contribution in [0.15, 0.2) is 59.5 Å². The molecule has 1 aliphatic rings. The van der Waals surface area contributed by atoms with Gasteiger partial charge in [-0.25, -0.2) is 8.42 Å². The van der Waals surface area contributed by atoms with Crippen molar-refractivity contribution in [2.75, 3.05) is 18.0 Å². The van der Waals surface area contributed by atoms with E-state index in [2.05, 4.69) is 30.9 Å². The van der Waals surface area contributed by atoms with E-state index in [1.54, 1.807) is 22.5 Å². The summed E-state index contributed by atoms with van der Waals surface area (Å²) in [6, 6.07) is 16.8. The summed E-state index contributed by atoms with van der Waals surface area (Å²) in [5.41, 5.74) is 1.12. The molecule has 1 aliphatic heterocycles. The maximum Gasteiger partial charge on any atom is 0.243 e. The molecular weight excluding hydrogens is 344 g/mol. The van der Waals surface area contributed by atoms with Crippen molar-refractivity contribution < 1.29 is 8.42 Å². The van der Waals surface area contributed by atoms with Crippen LogP contribution in [0.1, 0.15) is 13.8 Å². The second kappa shape index (κ2) is 6.75. The Kier molecular flexibility index (Phi) is 4.85. The maximum atomic E-state index is 12.9. The van der Waals surface area contributed by atoms with Crippen LogP contribution in [0.5, 0.6) is 0 Å². The number of halogens is 1. The van der Waals surface area contributed by atoms with Gasteiger partial charge in [-0.15, -0.1) is 0 Å². The Morgan fingerprint density at radius 2 is 1.58 bits per heavy atom. The van der Waals surface area contributed by atoms with Crippen LogP contribution in [0.3, 0.4) is 0 Å². The summed E-state index contributed by atoms with van der Waals surface area (Å²) in [5.74, 6) is 0. The fourth-order valence-electron chi connectivity index (χ4n) is 3.36. The highest BCUT2D eigenvalue weighted by atomic mass is 35.5. The van der Waals surface area contributed by atoms with Crippen molar-refractivity contribution in [3.05, 3.63) is 59.6 Å². The minimum absolute atomic E-state index is 0.0881. The zero-order chi connectivity index (χ0) is 17.3. The Balaban J connectivity index is 1.86. The number of para-hydroxylation sites is 1. The molecular formula is C18H21ClN2O2S. The average Bonchev–Trinajstić information content (AvgIpc) is 2.55. The van der Waals surface area contributed by atoms with E-state index in [1.165, 1.54) is 6.07 Å². The SMILES string of the molecule is CC1CN(S(=O)(=O)c2cccc(Cl)c2)CC(C)N1c1ccccc1. The van der Waals surface area contributed by atoms with Crippen LogP contribution in [0.4, 0.5) is 5.69 Å². The monoisotopic (exact) mass is 364 g/mol. The van der Waals surface area contributed by atoms with Gasteiger partial charge in [0, 0.05) is 35.9 Å². The van der Waals surface area contributed by atoms with Gasteiger partial charge >= 0.3 is 0 Å². The molecule has 0 bridgehead atoms. The minimum atomic E-state index is -3.53. The number of hydrogen-bond donors (Lipinski definition) is 0. The highest BCUT2D eigenvalue weighted by Crippen LogP contribution is 2.28. The third kappa shape index (κ3) is 3.29. The van der Waals surface area contributed by atoms with Gasteiger partial charge in [0.15, 0.2) is 0 Å². The van der Waals surface area contributed by atoms with E-state index in [9.17, 15) is 8.42 Å². The molecule has 0 saturated carbocycles. The molecule has 4 nitrogen and oxygen atoms in total. The molecule has 2 atom stereocenters. The van der Waals surface area contributed by atoms with E-state index in [-0.39, 0.29) is 17.0 Å². The lowest BCUT2D eigenvalue weighted by Crippen LogP contribution is -2.58. The van der Waals surface area contributed by atoms with E-state index in [1.807, 2.05) is 18.2 Å². The largest absolute Gasteiger partial charge is 0.363 e. The smallest absolute Gasteiger partial charge is 0.243 e. The second-order valence-electron chi connectivity index (χ2n) is 6.22. The van der Waals surface area contributed by atoms with Crippen molar-refractivity contribution in [2.24, 2.45) is 0 Å². The van der Waals surface area contributed by atoms with Crippen LogP contribution in [0, 0.1) is 0 Å². The first-order valence-corrected chi connectivity index (χ1v) is 9.80. The standard InChI is InChI=1S/C18H21ClN2O2S/c1-14-12-20(24(22,23)18-10-6-7-16(19)11-18)13-15(2)21(14)17-8-4-3-5-9-17/h3-11,14-15H,12-13H2,1-2H3. The number of nitrogens with zero attached hydrogens (tertiary/aromatic N) is 2. The number of hydrogen-bond acceptors (Lipinski definition) is 3. The number of sulfonamides is 1. The van der Waals surface area contributed by atoms with Crippen LogP contribution in [0.25, 0.3) is 0 Å². The molecule has 3 rings (SSSR count). The summed E-state index contributed by atoms with van der Waals surface area (Å²) in [7, 11) is -3.53. The zero-order valence-electron chi connectivity index (χ0n) is 13.8. The van der Waals surface area contributed by atoms with Crippen molar-refractivity contribution >= 4 is 27.3 Å².